The lowest BCUT2D eigenvalue weighted by atomic mass is 10.2. The number of anilines is 1. The number of carbonyl (C=O) groups is 1. The van der Waals surface area contributed by atoms with Gasteiger partial charge in [-0.25, -0.2) is 15.0 Å². The Labute approximate surface area is 153 Å². The molecule has 1 aliphatic heterocycles. The summed E-state index contributed by atoms with van der Waals surface area (Å²) in [6, 6.07) is 5.87. The molecule has 0 N–H and O–H groups in total. The highest BCUT2D eigenvalue weighted by Gasteiger charge is 2.24. The fourth-order valence-electron chi connectivity index (χ4n) is 2.87. The maximum atomic E-state index is 12.7. The second-order valence-electron chi connectivity index (χ2n) is 5.69. The van der Waals surface area contributed by atoms with Crippen molar-refractivity contribution in [2.45, 2.75) is 6.42 Å². The molecular weight excluding hydrogens is 354 g/mol. The van der Waals surface area contributed by atoms with Crippen LogP contribution in [0.3, 0.4) is 0 Å². The molecule has 0 bridgehead atoms. The van der Waals surface area contributed by atoms with Crippen LogP contribution >= 0.6 is 22.7 Å². The molecule has 1 fully saturated rings. The quantitative estimate of drug-likeness (QED) is 0.705. The molecule has 0 saturated carbocycles. The second kappa shape index (κ2) is 7.28. The van der Waals surface area contributed by atoms with Crippen LogP contribution in [0.5, 0.6) is 0 Å². The molecule has 0 unspecified atom stereocenters. The molecule has 3 aromatic rings. The van der Waals surface area contributed by atoms with Gasteiger partial charge in [0.1, 0.15) is 0 Å². The predicted octanol–water partition coefficient (Wildman–Crippen LogP) is 2.55. The van der Waals surface area contributed by atoms with E-state index in [4.69, 9.17) is 0 Å². The molecule has 0 aliphatic carbocycles. The monoisotopic (exact) mass is 371 g/mol. The van der Waals surface area contributed by atoms with Crippen molar-refractivity contribution in [2.75, 3.05) is 31.1 Å². The molecule has 6 nitrogen and oxygen atoms in total. The molecule has 0 aromatic carbocycles. The van der Waals surface area contributed by atoms with Gasteiger partial charge in [-0.1, -0.05) is 6.07 Å². The Morgan fingerprint density at radius 3 is 2.56 bits per heavy atom. The van der Waals surface area contributed by atoms with Gasteiger partial charge in [0.2, 0.25) is 11.9 Å². The van der Waals surface area contributed by atoms with Crippen molar-refractivity contribution in [1.82, 2.24) is 19.9 Å². The van der Waals surface area contributed by atoms with E-state index in [0.29, 0.717) is 19.5 Å². The Morgan fingerprint density at radius 1 is 1.04 bits per heavy atom. The van der Waals surface area contributed by atoms with Crippen LogP contribution in [0.1, 0.15) is 4.88 Å². The Morgan fingerprint density at radius 2 is 1.84 bits per heavy atom. The third-order valence-electron chi connectivity index (χ3n) is 4.17. The fourth-order valence-corrected chi connectivity index (χ4v) is 4.45. The largest absolute Gasteiger partial charge is 0.339 e. The van der Waals surface area contributed by atoms with E-state index < -0.39 is 0 Å². The number of aromatic nitrogens is 3. The number of thiazole rings is 1. The SMILES string of the molecule is O=C(Cc1scnc1-c1cccs1)N1CCN(c2ncccn2)CC1. The van der Waals surface area contributed by atoms with Crippen molar-refractivity contribution >= 4 is 34.5 Å². The van der Waals surface area contributed by atoms with Gasteiger partial charge >= 0.3 is 0 Å². The van der Waals surface area contributed by atoms with Crippen LogP contribution < -0.4 is 4.90 Å². The van der Waals surface area contributed by atoms with Crippen LogP contribution in [0, 0.1) is 0 Å². The van der Waals surface area contributed by atoms with E-state index in [1.54, 1.807) is 35.1 Å². The summed E-state index contributed by atoms with van der Waals surface area (Å²) in [5.41, 5.74) is 2.77. The smallest absolute Gasteiger partial charge is 0.228 e. The van der Waals surface area contributed by atoms with Crippen LogP contribution in [0.25, 0.3) is 10.6 Å². The van der Waals surface area contributed by atoms with Gasteiger partial charge in [-0.05, 0) is 17.5 Å². The minimum absolute atomic E-state index is 0.163. The summed E-state index contributed by atoms with van der Waals surface area (Å²) in [6.07, 6.45) is 3.91. The highest BCUT2D eigenvalue weighted by molar-refractivity contribution is 7.14. The van der Waals surface area contributed by atoms with Gasteiger partial charge < -0.3 is 9.80 Å². The molecule has 8 heteroatoms. The van der Waals surface area contributed by atoms with E-state index in [1.165, 1.54) is 0 Å². The first-order valence-electron chi connectivity index (χ1n) is 8.07. The van der Waals surface area contributed by atoms with E-state index in [9.17, 15) is 4.79 Å². The molecule has 4 rings (SSSR count). The van der Waals surface area contributed by atoms with Crippen LogP contribution in [-0.2, 0) is 11.2 Å². The van der Waals surface area contributed by atoms with Gasteiger partial charge in [-0.2, -0.15) is 0 Å². The van der Waals surface area contributed by atoms with Gasteiger partial charge in [0.25, 0.3) is 0 Å². The summed E-state index contributed by atoms with van der Waals surface area (Å²) < 4.78 is 0. The molecule has 0 radical (unpaired) electrons. The number of nitrogens with zero attached hydrogens (tertiary/aromatic N) is 5. The lowest BCUT2D eigenvalue weighted by Crippen LogP contribution is -2.49. The first-order valence-corrected chi connectivity index (χ1v) is 9.83. The normalized spacial score (nSPS) is 14.7. The number of hydrogen-bond acceptors (Lipinski definition) is 7. The van der Waals surface area contributed by atoms with Crippen LogP contribution in [-0.4, -0.2) is 51.9 Å². The summed E-state index contributed by atoms with van der Waals surface area (Å²) in [4.78, 5) is 31.9. The third-order valence-corrected chi connectivity index (χ3v) is 5.88. The standard InChI is InChI=1S/C17H17N5OS2/c23-15(11-14-16(20-12-25-14)13-3-1-10-24-13)21-6-8-22(9-7-21)17-18-4-2-5-19-17/h1-5,10,12H,6-9,11H2. The highest BCUT2D eigenvalue weighted by Crippen LogP contribution is 2.29. The number of rotatable bonds is 4. The summed E-state index contributed by atoms with van der Waals surface area (Å²) in [7, 11) is 0. The van der Waals surface area contributed by atoms with Crippen LogP contribution in [0.2, 0.25) is 0 Å². The molecule has 0 atom stereocenters. The zero-order valence-corrected chi connectivity index (χ0v) is 15.2. The Hall–Kier alpha value is -2.32. The molecular formula is C17H17N5OS2. The fraction of sp³-hybridized carbons (Fsp3) is 0.294. The zero-order valence-electron chi connectivity index (χ0n) is 13.5. The van der Waals surface area contributed by atoms with Gasteiger partial charge in [-0.15, -0.1) is 22.7 Å². The van der Waals surface area contributed by atoms with Crippen molar-refractivity contribution in [3.63, 3.8) is 0 Å². The molecule has 128 valence electrons. The number of hydrogen-bond donors (Lipinski definition) is 0. The lowest BCUT2D eigenvalue weighted by molar-refractivity contribution is -0.130. The Balaban J connectivity index is 1.38. The zero-order chi connectivity index (χ0) is 17.1. The van der Waals surface area contributed by atoms with Gasteiger partial charge in [0, 0.05) is 43.4 Å². The second-order valence-corrected chi connectivity index (χ2v) is 7.58. The topological polar surface area (TPSA) is 62.2 Å². The van der Waals surface area contributed by atoms with Gasteiger partial charge in [0.15, 0.2) is 0 Å². The highest BCUT2D eigenvalue weighted by atomic mass is 32.1. The minimum Gasteiger partial charge on any atom is -0.339 e. The molecule has 1 aliphatic rings. The molecule has 3 aromatic heterocycles. The minimum atomic E-state index is 0.163. The summed E-state index contributed by atoms with van der Waals surface area (Å²) in [5, 5.41) is 2.03. The average Bonchev–Trinajstić information content (AvgIpc) is 3.34. The maximum absolute atomic E-state index is 12.7. The molecule has 4 heterocycles. The third kappa shape index (κ3) is 3.54. The first-order chi connectivity index (χ1) is 12.3. The summed E-state index contributed by atoms with van der Waals surface area (Å²) >= 11 is 3.21. The van der Waals surface area contributed by atoms with E-state index in [-0.39, 0.29) is 5.91 Å². The van der Waals surface area contributed by atoms with Crippen LogP contribution in [0.15, 0.2) is 41.5 Å². The molecule has 1 amide bonds. The van der Waals surface area contributed by atoms with E-state index in [0.717, 1.165) is 34.5 Å². The van der Waals surface area contributed by atoms with Crippen molar-refractivity contribution in [2.24, 2.45) is 0 Å². The number of thiophene rings is 1. The van der Waals surface area contributed by atoms with Gasteiger partial charge in [-0.3, -0.25) is 4.79 Å². The number of piperazine rings is 1. The van der Waals surface area contributed by atoms with Crippen molar-refractivity contribution in [1.29, 1.82) is 0 Å². The van der Waals surface area contributed by atoms with Crippen molar-refractivity contribution < 1.29 is 4.79 Å². The van der Waals surface area contributed by atoms with E-state index >= 15 is 0 Å². The summed E-state index contributed by atoms with van der Waals surface area (Å²) in [5.74, 6) is 0.896. The number of carbonyl (C=O) groups excluding carboxylic acids is 1. The van der Waals surface area contributed by atoms with Crippen molar-refractivity contribution in [3.05, 3.63) is 46.4 Å². The predicted molar refractivity (Wildman–Crippen MR) is 100.0 cm³/mol. The van der Waals surface area contributed by atoms with Crippen molar-refractivity contribution in [3.8, 4) is 10.6 Å². The van der Waals surface area contributed by atoms with Gasteiger partial charge in [0.05, 0.1) is 22.5 Å². The molecule has 25 heavy (non-hydrogen) atoms. The van der Waals surface area contributed by atoms with Crippen LogP contribution in [0.4, 0.5) is 5.95 Å². The van der Waals surface area contributed by atoms with E-state index in [2.05, 4.69) is 19.9 Å². The van der Waals surface area contributed by atoms with E-state index in [1.807, 2.05) is 34.0 Å². The Kier molecular flexibility index (Phi) is 4.71. The summed E-state index contributed by atoms with van der Waals surface area (Å²) in [6.45, 7) is 2.92. The number of amides is 1. The first kappa shape index (κ1) is 16.2. The average molecular weight is 371 g/mol. The lowest BCUT2D eigenvalue weighted by Gasteiger charge is -2.34. The maximum Gasteiger partial charge on any atom is 0.228 e. The Bertz CT molecular complexity index is 826. The molecule has 1 saturated heterocycles. The molecule has 0 spiro atoms.